The molecule has 0 saturated heterocycles. The van der Waals surface area contributed by atoms with Crippen LogP contribution in [0.25, 0.3) is 11.3 Å². The molecule has 0 unspecified atom stereocenters. The molecule has 0 atom stereocenters. The average Bonchev–Trinajstić information content (AvgIpc) is 2.68. The van der Waals surface area contributed by atoms with Gasteiger partial charge in [-0.2, -0.15) is 0 Å². The molecule has 7 heteroatoms. The Morgan fingerprint density at radius 3 is 2.22 bits per heavy atom. The van der Waals surface area contributed by atoms with Crippen molar-refractivity contribution in [3.8, 4) is 11.3 Å². The molecule has 0 spiro atoms. The highest BCUT2D eigenvalue weighted by Crippen LogP contribution is 2.24. The molecule has 137 valence electrons. The lowest BCUT2D eigenvalue weighted by Gasteiger charge is -2.09. The maximum Gasteiger partial charge on any atom is 0.215 e. The van der Waals surface area contributed by atoms with E-state index >= 15 is 0 Å². The Balaban J connectivity index is 1.98. The maximum atomic E-state index is 12.6. The van der Waals surface area contributed by atoms with Gasteiger partial charge in [0.2, 0.25) is 5.78 Å². The van der Waals surface area contributed by atoms with E-state index < -0.39 is 15.1 Å². The van der Waals surface area contributed by atoms with Crippen molar-refractivity contribution in [3.63, 3.8) is 0 Å². The predicted molar refractivity (Wildman–Crippen MR) is 102 cm³/mol. The van der Waals surface area contributed by atoms with E-state index in [0.717, 1.165) is 0 Å². The molecular formula is C20H18N3O3S. The number of carbonyl (C=O) groups excluding carboxylic acids is 1. The largest absolute Gasteiger partial charge is 0.287 e. The molecule has 0 aliphatic carbocycles. The highest BCUT2D eigenvalue weighted by molar-refractivity contribution is 7.92. The molecular weight excluding hydrogens is 362 g/mol. The number of hydrogen-bond donors (Lipinski definition) is 0. The number of ketones is 1. The van der Waals surface area contributed by atoms with Crippen LogP contribution in [0.5, 0.6) is 0 Å². The van der Waals surface area contributed by atoms with Gasteiger partial charge in [0.25, 0.3) is 0 Å². The highest BCUT2D eigenvalue weighted by Gasteiger charge is 2.20. The van der Waals surface area contributed by atoms with Gasteiger partial charge in [0.15, 0.2) is 21.3 Å². The van der Waals surface area contributed by atoms with E-state index in [2.05, 4.69) is 9.97 Å². The molecule has 6 nitrogen and oxygen atoms in total. The van der Waals surface area contributed by atoms with Crippen LogP contribution >= 0.6 is 0 Å². The van der Waals surface area contributed by atoms with Gasteiger partial charge in [0.05, 0.1) is 22.0 Å². The number of rotatable bonds is 5. The maximum absolute atomic E-state index is 12.6. The summed E-state index contributed by atoms with van der Waals surface area (Å²) >= 11 is 0. The first-order chi connectivity index (χ1) is 12.8. The molecule has 3 aromatic rings. The Morgan fingerprint density at radius 2 is 1.63 bits per heavy atom. The van der Waals surface area contributed by atoms with Gasteiger partial charge in [0, 0.05) is 11.1 Å². The number of benzene rings is 2. The van der Waals surface area contributed by atoms with Crippen LogP contribution in [-0.2, 0) is 9.84 Å². The summed E-state index contributed by atoms with van der Waals surface area (Å²) in [4.78, 5) is 21.1. The van der Waals surface area contributed by atoms with E-state index in [0.29, 0.717) is 16.8 Å². The number of sulfone groups is 1. The Labute approximate surface area is 158 Å². The van der Waals surface area contributed by atoms with E-state index in [-0.39, 0.29) is 22.2 Å². The van der Waals surface area contributed by atoms with Crippen LogP contribution in [0.3, 0.4) is 0 Å². The molecule has 0 fully saturated rings. The van der Waals surface area contributed by atoms with E-state index in [9.17, 15) is 13.2 Å². The summed E-state index contributed by atoms with van der Waals surface area (Å²) in [5, 5.41) is -0.513. The zero-order valence-electron chi connectivity index (χ0n) is 14.9. The van der Waals surface area contributed by atoms with Crippen LogP contribution in [0.15, 0.2) is 65.7 Å². The fraction of sp³-hybridized carbons (Fsp3) is 0.150. The Hall–Kier alpha value is -3.06. The second kappa shape index (κ2) is 7.28. The molecule has 0 bridgehead atoms. The van der Waals surface area contributed by atoms with Crippen molar-refractivity contribution in [1.29, 1.82) is 0 Å². The Morgan fingerprint density at radius 1 is 1.00 bits per heavy atom. The fourth-order valence-corrected chi connectivity index (χ4v) is 3.56. The van der Waals surface area contributed by atoms with Gasteiger partial charge in [-0.15, -0.1) is 0 Å². The molecule has 0 amide bonds. The minimum atomic E-state index is -3.36. The van der Waals surface area contributed by atoms with Gasteiger partial charge in [-0.1, -0.05) is 42.5 Å². The molecule has 1 radical (unpaired) electrons. The molecule has 0 saturated carbocycles. The molecule has 1 aromatic heterocycles. The van der Waals surface area contributed by atoms with Crippen molar-refractivity contribution in [2.24, 2.45) is 0 Å². The monoisotopic (exact) mass is 380 g/mol. The van der Waals surface area contributed by atoms with E-state index in [4.69, 9.17) is 5.73 Å². The standard InChI is InChI=1S/C20H18N3O3S/c1-13(2)27(25,26)16-10-8-14(9-11-16)17-12-22-20(21)18(23-17)19(24)15-6-4-3-5-7-15/h3-13,21H,1-2H3. The third-order valence-corrected chi connectivity index (χ3v) is 6.29. The summed E-state index contributed by atoms with van der Waals surface area (Å²) in [5.74, 6) is -0.583. The van der Waals surface area contributed by atoms with Crippen molar-refractivity contribution in [3.05, 3.63) is 72.1 Å². The lowest BCUT2D eigenvalue weighted by atomic mass is 10.1. The number of nitrogens with zero attached hydrogens (tertiary/aromatic N) is 2. The van der Waals surface area contributed by atoms with Crippen LogP contribution in [0, 0.1) is 0 Å². The highest BCUT2D eigenvalue weighted by atomic mass is 32.2. The first kappa shape index (κ1) is 18.7. The SMILES string of the molecule is CC(C)S(=O)(=O)c1ccc(-c2cnc([NH])c(C(=O)c3ccccc3)n2)cc1. The molecule has 1 heterocycles. The van der Waals surface area contributed by atoms with Crippen molar-refractivity contribution in [2.45, 2.75) is 24.0 Å². The minimum Gasteiger partial charge on any atom is -0.287 e. The molecule has 1 N–H and O–H groups in total. The predicted octanol–water partition coefficient (Wildman–Crippen LogP) is 3.47. The second-order valence-electron chi connectivity index (χ2n) is 6.27. The van der Waals surface area contributed by atoms with Gasteiger partial charge in [0.1, 0.15) is 0 Å². The minimum absolute atomic E-state index is 0.0439. The lowest BCUT2D eigenvalue weighted by molar-refractivity contribution is 0.103. The summed E-state index contributed by atoms with van der Waals surface area (Å²) < 4.78 is 24.5. The van der Waals surface area contributed by atoms with Crippen LogP contribution in [0.2, 0.25) is 0 Å². The van der Waals surface area contributed by atoms with E-state index in [1.165, 1.54) is 18.3 Å². The summed E-state index contributed by atoms with van der Waals surface area (Å²) in [7, 11) is -3.36. The molecule has 0 aliphatic rings. The molecule has 2 aromatic carbocycles. The first-order valence-corrected chi connectivity index (χ1v) is 9.88. The van der Waals surface area contributed by atoms with Crippen molar-refractivity contribution in [2.75, 3.05) is 0 Å². The number of aromatic nitrogens is 2. The van der Waals surface area contributed by atoms with Gasteiger partial charge in [-0.05, 0) is 26.0 Å². The van der Waals surface area contributed by atoms with Crippen LogP contribution in [-0.4, -0.2) is 29.4 Å². The molecule has 0 aliphatic heterocycles. The smallest absolute Gasteiger partial charge is 0.215 e. The lowest BCUT2D eigenvalue weighted by Crippen LogP contribution is -2.13. The zero-order chi connectivity index (χ0) is 19.6. The quantitative estimate of drug-likeness (QED) is 0.631. The normalized spacial score (nSPS) is 11.5. The number of hydrogen-bond acceptors (Lipinski definition) is 5. The van der Waals surface area contributed by atoms with E-state index in [1.807, 2.05) is 0 Å². The van der Waals surface area contributed by atoms with Crippen LogP contribution in [0.1, 0.15) is 29.9 Å². The third-order valence-electron chi connectivity index (χ3n) is 4.12. The van der Waals surface area contributed by atoms with E-state index in [1.54, 1.807) is 56.3 Å². The van der Waals surface area contributed by atoms with Gasteiger partial charge >= 0.3 is 0 Å². The van der Waals surface area contributed by atoms with Crippen LogP contribution < -0.4 is 5.73 Å². The summed E-state index contributed by atoms with van der Waals surface area (Å²) in [6.45, 7) is 3.26. The zero-order valence-corrected chi connectivity index (χ0v) is 15.7. The first-order valence-electron chi connectivity index (χ1n) is 8.33. The Kier molecular flexibility index (Phi) is 5.05. The second-order valence-corrected chi connectivity index (χ2v) is 8.77. The summed E-state index contributed by atoms with van der Waals surface area (Å²) in [6, 6.07) is 14.9. The number of nitrogens with one attached hydrogen (secondary N) is 1. The van der Waals surface area contributed by atoms with Gasteiger partial charge < -0.3 is 0 Å². The molecule has 27 heavy (non-hydrogen) atoms. The van der Waals surface area contributed by atoms with Crippen molar-refractivity contribution < 1.29 is 13.2 Å². The topological polar surface area (TPSA) is 101 Å². The van der Waals surface area contributed by atoms with Crippen molar-refractivity contribution in [1.82, 2.24) is 15.7 Å². The fourth-order valence-electron chi connectivity index (χ4n) is 2.50. The average molecular weight is 380 g/mol. The van der Waals surface area contributed by atoms with Crippen molar-refractivity contribution >= 4 is 21.4 Å². The van der Waals surface area contributed by atoms with Gasteiger partial charge in [-0.25, -0.2) is 18.4 Å². The van der Waals surface area contributed by atoms with Crippen LogP contribution in [0.4, 0.5) is 5.82 Å². The third kappa shape index (κ3) is 3.73. The summed E-state index contributed by atoms with van der Waals surface area (Å²) in [6.07, 6.45) is 1.40. The van der Waals surface area contributed by atoms with Gasteiger partial charge in [-0.3, -0.25) is 10.5 Å². The summed E-state index contributed by atoms with van der Waals surface area (Å²) in [5.41, 5.74) is 9.30. The Bertz CT molecular complexity index is 1080. The molecule has 3 rings (SSSR count). The number of carbonyl (C=O) groups is 1.